The fourth-order valence-electron chi connectivity index (χ4n) is 3.67. The number of likely N-dealkylation sites (N-methyl/N-ethyl adjacent to an activating group) is 1. The van der Waals surface area contributed by atoms with Crippen LogP contribution in [0.5, 0.6) is 0 Å². The molecule has 1 N–H and O–H groups in total. The van der Waals surface area contributed by atoms with Gasteiger partial charge in [-0.1, -0.05) is 51.8 Å². The first-order valence-corrected chi connectivity index (χ1v) is 13.7. The molecule has 0 aliphatic carbocycles. The highest BCUT2D eigenvalue weighted by molar-refractivity contribution is 9.10. The van der Waals surface area contributed by atoms with E-state index in [1.54, 1.807) is 25.1 Å². The van der Waals surface area contributed by atoms with Crippen molar-refractivity contribution in [2.24, 2.45) is 0 Å². The number of hydrogen-bond donors (Lipinski definition) is 1. The SMILES string of the molecule is CNC(=O)[C@@H](C)N(Cc1cccc(Br)c1)C(=O)CN(c1cccc(C)c1)S(=O)(=O)c1ccc(Cl)cc1. The Morgan fingerprint density at radius 2 is 1.69 bits per heavy atom. The second-order valence-corrected chi connectivity index (χ2v) is 11.5. The summed E-state index contributed by atoms with van der Waals surface area (Å²) in [5.41, 5.74) is 1.96. The van der Waals surface area contributed by atoms with Gasteiger partial charge in [-0.25, -0.2) is 8.42 Å². The van der Waals surface area contributed by atoms with Gasteiger partial charge in [-0.2, -0.15) is 0 Å². The molecule has 0 aliphatic rings. The van der Waals surface area contributed by atoms with Crippen LogP contribution in [0.15, 0.2) is 82.2 Å². The molecule has 2 amide bonds. The van der Waals surface area contributed by atoms with Crippen LogP contribution in [0.4, 0.5) is 5.69 Å². The van der Waals surface area contributed by atoms with Crippen molar-refractivity contribution in [3.8, 4) is 0 Å². The molecule has 0 saturated heterocycles. The highest BCUT2D eigenvalue weighted by Crippen LogP contribution is 2.26. The van der Waals surface area contributed by atoms with Gasteiger partial charge in [0, 0.05) is 23.1 Å². The van der Waals surface area contributed by atoms with Gasteiger partial charge in [0.1, 0.15) is 12.6 Å². The molecule has 10 heteroatoms. The van der Waals surface area contributed by atoms with E-state index in [1.807, 2.05) is 37.3 Å². The van der Waals surface area contributed by atoms with Crippen molar-refractivity contribution in [3.63, 3.8) is 0 Å². The number of rotatable bonds is 9. The van der Waals surface area contributed by atoms with Gasteiger partial charge in [-0.15, -0.1) is 0 Å². The monoisotopic (exact) mass is 591 g/mol. The maximum atomic E-state index is 13.7. The molecule has 190 valence electrons. The van der Waals surface area contributed by atoms with Gasteiger partial charge in [0.2, 0.25) is 11.8 Å². The van der Waals surface area contributed by atoms with Gasteiger partial charge in [-0.3, -0.25) is 13.9 Å². The van der Waals surface area contributed by atoms with E-state index in [-0.39, 0.29) is 17.3 Å². The molecule has 3 aromatic carbocycles. The summed E-state index contributed by atoms with van der Waals surface area (Å²) in [4.78, 5) is 27.6. The summed E-state index contributed by atoms with van der Waals surface area (Å²) in [7, 11) is -2.64. The number of anilines is 1. The van der Waals surface area contributed by atoms with Crippen LogP contribution in [-0.2, 0) is 26.2 Å². The largest absolute Gasteiger partial charge is 0.357 e. The minimum atomic E-state index is -4.13. The van der Waals surface area contributed by atoms with E-state index in [0.29, 0.717) is 10.7 Å². The summed E-state index contributed by atoms with van der Waals surface area (Å²) < 4.78 is 29.3. The highest BCUT2D eigenvalue weighted by atomic mass is 79.9. The predicted molar refractivity (Wildman–Crippen MR) is 145 cm³/mol. The Hall–Kier alpha value is -2.88. The van der Waals surface area contributed by atoms with Crippen molar-refractivity contribution in [3.05, 3.63) is 93.4 Å². The van der Waals surface area contributed by atoms with Crippen molar-refractivity contribution in [2.45, 2.75) is 31.3 Å². The van der Waals surface area contributed by atoms with Crippen molar-refractivity contribution in [1.29, 1.82) is 0 Å². The topological polar surface area (TPSA) is 86.8 Å². The number of benzene rings is 3. The Kier molecular flexibility index (Phi) is 9.16. The molecule has 36 heavy (non-hydrogen) atoms. The Morgan fingerprint density at radius 3 is 2.31 bits per heavy atom. The Bertz CT molecular complexity index is 1350. The number of halogens is 2. The first-order valence-electron chi connectivity index (χ1n) is 11.1. The number of sulfonamides is 1. The number of carbonyl (C=O) groups is 2. The number of nitrogens with zero attached hydrogens (tertiary/aromatic N) is 2. The average Bonchev–Trinajstić information content (AvgIpc) is 2.85. The molecule has 0 aliphatic heterocycles. The lowest BCUT2D eigenvalue weighted by Crippen LogP contribution is -2.50. The first-order chi connectivity index (χ1) is 17.0. The van der Waals surface area contributed by atoms with Crippen molar-refractivity contribution < 1.29 is 18.0 Å². The number of nitrogens with one attached hydrogen (secondary N) is 1. The molecule has 0 unspecified atom stereocenters. The van der Waals surface area contributed by atoms with Gasteiger partial charge in [0.15, 0.2) is 0 Å². The van der Waals surface area contributed by atoms with E-state index in [4.69, 9.17) is 11.6 Å². The quantitative estimate of drug-likeness (QED) is 0.388. The minimum absolute atomic E-state index is 0.000837. The summed E-state index contributed by atoms with van der Waals surface area (Å²) in [6.45, 7) is 3.07. The molecule has 0 radical (unpaired) electrons. The maximum Gasteiger partial charge on any atom is 0.264 e. The zero-order valence-electron chi connectivity index (χ0n) is 20.1. The van der Waals surface area contributed by atoms with E-state index in [9.17, 15) is 18.0 Å². The fourth-order valence-corrected chi connectivity index (χ4v) is 5.65. The van der Waals surface area contributed by atoms with E-state index >= 15 is 0 Å². The van der Waals surface area contributed by atoms with Crippen LogP contribution in [0, 0.1) is 6.92 Å². The molecular weight excluding hydrogens is 566 g/mol. The standard InChI is InChI=1S/C26H27BrClN3O4S/c1-18-6-4-9-23(14-18)31(36(34,35)24-12-10-22(28)11-13-24)17-25(32)30(19(2)26(33)29-3)16-20-7-5-8-21(27)15-20/h4-15,19H,16-17H2,1-3H3,(H,29,33)/t19-/m1/s1. The minimum Gasteiger partial charge on any atom is -0.357 e. The molecule has 0 heterocycles. The van der Waals surface area contributed by atoms with Crippen LogP contribution in [-0.4, -0.2) is 44.8 Å². The third-order valence-corrected chi connectivity index (χ3v) is 8.16. The molecular formula is C26H27BrClN3O4S. The molecule has 0 aromatic heterocycles. The van der Waals surface area contributed by atoms with Crippen LogP contribution >= 0.6 is 27.5 Å². The Morgan fingerprint density at radius 1 is 1.03 bits per heavy atom. The number of amides is 2. The van der Waals surface area contributed by atoms with Gasteiger partial charge in [0.05, 0.1) is 10.6 Å². The molecule has 1 atom stereocenters. The van der Waals surface area contributed by atoms with Crippen LogP contribution in [0.25, 0.3) is 0 Å². The number of carbonyl (C=O) groups excluding carboxylic acids is 2. The number of hydrogen-bond acceptors (Lipinski definition) is 4. The summed E-state index contributed by atoms with van der Waals surface area (Å²) in [5.74, 6) is -0.883. The smallest absolute Gasteiger partial charge is 0.264 e. The van der Waals surface area contributed by atoms with Crippen LogP contribution in [0.1, 0.15) is 18.1 Å². The summed E-state index contributed by atoms with van der Waals surface area (Å²) >= 11 is 9.38. The van der Waals surface area contributed by atoms with Gasteiger partial charge in [-0.05, 0) is 73.5 Å². The third-order valence-electron chi connectivity index (χ3n) is 5.63. The van der Waals surface area contributed by atoms with Crippen LogP contribution in [0.2, 0.25) is 5.02 Å². The molecule has 0 bridgehead atoms. The third kappa shape index (κ3) is 6.66. The lowest BCUT2D eigenvalue weighted by Gasteiger charge is -2.32. The lowest BCUT2D eigenvalue weighted by atomic mass is 10.1. The highest BCUT2D eigenvalue weighted by Gasteiger charge is 2.32. The summed E-state index contributed by atoms with van der Waals surface area (Å²) in [6, 6.07) is 19.2. The van der Waals surface area contributed by atoms with E-state index in [2.05, 4.69) is 21.2 Å². The van der Waals surface area contributed by atoms with Crippen molar-refractivity contribution in [2.75, 3.05) is 17.9 Å². The first kappa shape index (κ1) is 27.7. The maximum absolute atomic E-state index is 13.7. The van der Waals surface area contributed by atoms with E-state index in [1.165, 1.54) is 36.2 Å². The van der Waals surface area contributed by atoms with E-state index < -0.39 is 28.5 Å². The van der Waals surface area contributed by atoms with Gasteiger partial charge in [0.25, 0.3) is 10.0 Å². The van der Waals surface area contributed by atoms with E-state index in [0.717, 1.165) is 19.9 Å². The number of aryl methyl sites for hydroxylation is 1. The van der Waals surface area contributed by atoms with Crippen molar-refractivity contribution >= 4 is 55.1 Å². The summed E-state index contributed by atoms with van der Waals surface area (Å²) in [6.07, 6.45) is 0. The zero-order chi connectivity index (χ0) is 26.5. The molecule has 0 spiro atoms. The molecule has 3 rings (SSSR count). The molecule has 3 aromatic rings. The molecule has 0 saturated carbocycles. The lowest BCUT2D eigenvalue weighted by molar-refractivity contribution is -0.139. The zero-order valence-corrected chi connectivity index (χ0v) is 23.3. The Balaban J connectivity index is 2.03. The van der Waals surface area contributed by atoms with Crippen molar-refractivity contribution in [1.82, 2.24) is 10.2 Å². The van der Waals surface area contributed by atoms with Gasteiger partial charge < -0.3 is 10.2 Å². The summed E-state index contributed by atoms with van der Waals surface area (Å²) in [5, 5.41) is 2.96. The Labute approximate surface area is 225 Å². The van der Waals surface area contributed by atoms with Crippen LogP contribution in [0.3, 0.4) is 0 Å². The molecule has 7 nitrogen and oxygen atoms in total. The predicted octanol–water partition coefficient (Wildman–Crippen LogP) is 4.77. The molecule has 0 fully saturated rings. The average molecular weight is 593 g/mol. The van der Waals surface area contributed by atoms with Gasteiger partial charge >= 0.3 is 0 Å². The second-order valence-electron chi connectivity index (χ2n) is 8.25. The fraction of sp³-hybridized carbons (Fsp3) is 0.231. The second kappa shape index (κ2) is 11.9. The normalized spacial score (nSPS) is 12.0. The van der Waals surface area contributed by atoms with Crippen LogP contribution < -0.4 is 9.62 Å².